The van der Waals surface area contributed by atoms with Crippen LogP contribution in [0.5, 0.6) is 6.01 Å². The maximum atomic E-state index is 10.8. The van der Waals surface area contributed by atoms with Crippen LogP contribution in [-0.4, -0.2) is 42.2 Å². The van der Waals surface area contributed by atoms with Crippen molar-refractivity contribution in [3.05, 3.63) is 30.4 Å². The number of aromatic nitrogens is 4. The Labute approximate surface area is 145 Å². The van der Waals surface area contributed by atoms with Crippen LogP contribution in [0.4, 0.5) is 0 Å². The minimum Gasteiger partial charge on any atom is -0.481 e. The Balaban J connectivity index is 1.55. The summed E-state index contributed by atoms with van der Waals surface area (Å²) in [5.41, 5.74) is 1.31. The zero-order valence-electron chi connectivity index (χ0n) is 13.7. The van der Waals surface area contributed by atoms with Crippen LogP contribution in [0.15, 0.2) is 24.8 Å². The molecule has 0 bridgehead atoms. The van der Waals surface area contributed by atoms with Crippen molar-refractivity contribution in [2.75, 3.05) is 0 Å². The molecule has 1 saturated carbocycles. The van der Waals surface area contributed by atoms with Crippen LogP contribution in [0.25, 0.3) is 11.4 Å². The molecule has 0 unspecified atom stereocenters. The van der Waals surface area contributed by atoms with Gasteiger partial charge < -0.3 is 14.9 Å². The van der Waals surface area contributed by atoms with E-state index in [1.807, 2.05) is 0 Å². The zero-order valence-corrected chi connectivity index (χ0v) is 13.7. The SMILES string of the molecule is O=C(O)CC1CCC(Oc2ncc(-c3ncc(CO)cn3)cn2)CC1. The normalized spacial score (nSPS) is 20.2. The van der Waals surface area contributed by atoms with Crippen LogP contribution in [0, 0.1) is 5.92 Å². The standard InChI is InChI=1S/C17H20N4O4/c22-10-12-6-18-16(19-7-12)13-8-20-17(21-9-13)25-14-3-1-11(2-4-14)5-15(23)24/h6-9,11,14,22H,1-5,10H2,(H,23,24). The number of rotatable bonds is 6. The maximum Gasteiger partial charge on any atom is 0.316 e. The quantitative estimate of drug-likeness (QED) is 0.815. The first-order chi connectivity index (χ1) is 12.1. The number of ether oxygens (including phenoxy) is 1. The number of nitrogens with zero attached hydrogens (tertiary/aromatic N) is 4. The van der Waals surface area contributed by atoms with E-state index in [1.54, 1.807) is 24.8 Å². The van der Waals surface area contributed by atoms with E-state index in [-0.39, 0.29) is 25.0 Å². The van der Waals surface area contributed by atoms with E-state index >= 15 is 0 Å². The Kier molecular flexibility index (Phi) is 5.49. The molecule has 3 rings (SSSR count). The van der Waals surface area contributed by atoms with Crippen molar-refractivity contribution in [2.45, 2.75) is 44.8 Å². The lowest BCUT2D eigenvalue weighted by atomic mass is 9.85. The fourth-order valence-corrected chi connectivity index (χ4v) is 2.93. The molecule has 25 heavy (non-hydrogen) atoms. The molecule has 8 heteroatoms. The average molecular weight is 344 g/mol. The van der Waals surface area contributed by atoms with Gasteiger partial charge in [0.05, 0.1) is 12.2 Å². The van der Waals surface area contributed by atoms with Crippen molar-refractivity contribution < 1.29 is 19.7 Å². The number of hydrogen-bond donors (Lipinski definition) is 2. The number of carbonyl (C=O) groups is 1. The Morgan fingerprint density at radius 3 is 2.24 bits per heavy atom. The maximum absolute atomic E-state index is 10.8. The number of carboxylic acids is 1. The summed E-state index contributed by atoms with van der Waals surface area (Å²) in [5, 5.41) is 17.8. The molecule has 0 saturated heterocycles. The van der Waals surface area contributed by atoms with Crippen molar-refractivity contribution >= 4 is 5.97 Å². The summed E-state index contributed by atoms with van der Waals surface area (Å²) in [6, 6.07) is 0.303. The van der Waals surface area contributed by atoms with Gasteiger partial charge in [0.2, 0.25) is 0 Å². The smallest absolute Gasteiger partial charge is 0.316 e. The number of hydrogen-bond acceptors (Lipinski definition) is 7. The summed E-state index contributed by atoms with van der Waals surface area (Å²) in [6.07, 6.45) is 9.90. The monoisotopic (exact) mass is 344 g/mol. The summed E-state index contributed by atoms with van der Waals surface area (Å²) >= 11 is 0. The van der Waals surface area contributed by atoms with Gasteiger partial charge in [0.1, 0.15) is 6.10 Å². The minimum absolute atomic E-state index is 0.0241. The molecule has 2 N–H and O–H groups in total. The molecule has 1 aliphatic rings. The van der Waals surface area contributed by atoms with Crippen molar-refractivity contribution in [2.24, 2.45) is 5.92 Å². The van der Waals surface area contributed by atoms with E-state index in [2.05, 4.69) is 19.9 Å². The van der Waals surface area contributed by atoms with Gasteiger partial charge in [0.15, 0.2) is 5.82 Å². The van der Waals surface area contributed by atoms with E-state index in [4.69, 9.17) is 14.9 Å². The lowest BCUT2D eigenvalue weighted by Crippen LogP contribution is -2.25. The Morgan fingerprint density at radius 1 is 1.04 bits per heavy atom. The van der Waals surface area contributed by atoms with Crippen LogP contribution in [0.3, 0.4) is 0 Å². The average Bonchev–Trinajstić information content (AvgIpc) is 2.64. The fourth-order valence-electron chi connectivity index (χ4n) is 2.93. The molecule has 1 fully saturated rings. The second-order valence-corrected chi connectivity index (χ2v) is 6.19. The lowest BCUT2D eigenvalue weighted by Gasteiger charge is -2.27. The number of aliphatic hydroxyl groups is 1. The Morgan fingerprint density at radius 2 is 1.68 bits per heavy atom. The first-order valence-corrected chi connectivity index (χ1v) is 8.26. The molecule has 0 atom stereocenters. The van der Waals surface area contributed by atoms with Crippen molar-refractivity contribution in [1.29, 1.82) is 0 Å². The molecule has 1 aliphatic carbocycles. The Hall–Kier alpha value is -2.61. The van der Waals surface area contributed by atoms with Gasteiger partial charge in [-0.05, 0) is 31.6 Å². The first-order valence-electron chi connectivity index (χ1n) is 8.26. The van der Waals surface area contributed by atoms with Crippen LogP contribution in [0.1, 0.15) is 37.7 Å². The van der Waals surface area contributed by atoms with Gasteiger partial charge in [-0.2, -0.15) is 0 Å². The number of aliphatic carboxylic acids is 1. The van der Waals surface area contributed by atoms with E-state index in [0.29, 0.717) is 23.0 Å². The first kappa shape index (κ1) is 17.2. The van der Waals surface area contributed by atoms with E-state index in [0.717, 1.165) is 25.7 Å². The summed E-state index contributed by atoms with van der Waals surface area (Å²) in [7, 11) is 0. The van der Waals surface area contributed by atoms with Crippen molar-refractivity contribution in [3.63, 3.8) is 0 Å². The molecule has 2 aromatic heterocycles. The fraction of sp³-hybridized carbons (Fsp3) is 0.471. The zero-order chi connectivity index (χ0) is 17.6. The van der Waals surface area contributed by atoms with Crippen molar-refractivity contribution in [1.82, 2.24) is 19.9 Å². The number of carboxylic acid groups (broad SMARTS) is 1. The van der Waals surface area contributed by atoms with Gasteiger partial charge in [0, 0.05) is 36.8 Å². The molecule has 2 aromatic rings. The van der Waals surface area contributed by atoms with Gasteiger partial charge in [0.25, 0.3) is 0 Å². The van der Waals surface area contributed by atoms with Crippen LogP contribution in [0.2, 0.25) is 0 Å². The van der Waals surface area contributed by atoms with Gasteiger partial charge >= 0.3 is 12.0 Å². The van der Waals surface area contributed by atoms with Crippen LogP contribution in [-0.2, 0) is 11.4 Å². The van der Waals surface area contributed by atoms with Crippen LogP contribution >= 0.6 is 0 Å². The summed E-state index contributed by atoms with van der Waals surface area (Å²) in [6.45, 7) is -0.0989. The molecule has 0 aromatic carbocycles. The number of aliphatic hydroxyl groups excluding tert-OH is 1. The second-order valence-electron chi connectivity index (χ2n) is 6.19. The molecule has 0 amide bonds. The minimum atomic E-state index is -0.738. The van der Waals surface area contributed by atoms with Gasteiger partial charge in [-0.1, -0.05) is 0 Å². The third-order valence-electron chi connectivity index (χ3n) is 4.30. The molecule has 0 aliphatic heterocycles. The predicted molar refractivity (Wildman–Crippen MR) is 87.6 cm³/mol. The highest BCUT2D eigenvalue weighted by molar-refractivity contribution is 5.67. The molecule has 0 radical (unpaired) electrons. The Bertz CT molecular complexity index is 698. The molecule has 0 spiro atoms. The third-order valence-corrected chi connectivity index (χ3v) is 4.30. The van der Waals surface area contributed by atoms with Gasteiger partial charge in [-0.25, -0.2) is 19.9 Å². The summed E-state index contributed by atoms with van der Waals surface area (Å²) in [5.74, 6) is -0.0184. The lowest BCUT2D eigenvalue weighted by molar-refractivity contribution is -0.138. The van der Waals surface area contributed by atoms with Crippen LogP contribution < -0.4 is 4.74 Å². The highest BCUT2D eigenvalue weighted by Crippen LogP contribution is 2.28. The predicted octanol–water partition coefficient (Wildman–Crippen LogP) is 1.84. The largest absolute Gasteiger partial charge is 0.481 e. The second kappa shape index (κ2) is 7.98. The highest BCUT2D eigenvalue weighted by Gasteiger charge is 2.24. The van der Waals surface area contributed by atoms with Crippen molar-refractivity contribution in [3.8, 4) is 17.4 Å². The summed E-state index contributed by atoms with van der Waals surface area (Å²) in [4.78, 5) is 27.5. The van der Waals surface area contributed by atoms with Gasteiger partial charge in [-0.3, -0.25) is 4.79 Å². The molecule has 2 heterocycles. The molecule has 132 valence electrons. The molecule has 8 nitrogen and oxygen atoms in total. The van der Waals surface area contributed by atoms with E-state index < -0.39 is 5.97 Å². The van der Waals surface area contributed by atoms with E-state index in [1.165, 1.54) is 0 Å². The van der Waals surface area contributed by atoms with E-state index in [9.17, 15) is 4.79 Å². The molecular formula is C17H20N4O4. The summed E-state index contributed by atoms with van der Waals surface area (Å²) < 4.78 is 5.79. The van der Waals surface area contributed by atoms with Gasteiger partial charge in [-0.15, -0.1) is 0 Å². The highest BCUT2D eigenvalue weighted by atomic mass is 16.5. The third kappa shape index (κ3) is 4.69. The topological polar surface area (TPSA) is 118 Å². The molecular weight excluding hydrogens is 324 g/mol.